The third-order valence-corrected chi connectivity index (χ3v) is 3.36. The van der Waals surface area contributed by atoms with Crippen molar-refractivity contribution in [3.8, 4) is 0 Å². The summed E-state index contributed by atoms with van der Waals surface area (Å²) >= 11 is 1.75. The Labute approximate surface area is 111 Å². The Kier molecular flexibility index (Phi) is 4.09. The van der Waals surface area contributed by atoms with Gasteiger partial charge in [-0.05, 0) is 17.9 Å². The van der Waals surface area contributed by atoms with E-state index in [1.165, 1.54) is 4.88 Å². The number of nitrogen functional groups attached to an aromatic ring is 1. The van der Waals surface area contributed by atoms with Crippen LogP contribution in [0.2, 0.25) is 0 Å². The molecule has 0 aromatic carbocycles. The van der Waals surface area contributed by atoms with E-state index in [0.717, 1.165) is 18.8 Å². The van der Waals surface area contributed by atoms with Gasteiger partial charge in [-0.15, -0.1) is 11.3 Å². The van der Waals surface area contributed by atoms with Crippen LogP contribution >= 0.6 is 11.3 Å². The van der Waals surface area contributed by atoms with Gasteiger partial charge in [0, 0.05) is 17.3 Å². The van der Waals surface area contributed by atoms with Crippen LogP contribution in [0.3, 0.4) is 0 Å². The van der Waals surface area contributed by atoms with Gasteiger partial charge in [0.05, 0.1) is 0 Å². The highest BCUT2D eigenvalue weighted by atomic mass is 32.1. The largest absolute Gasteiger partial charge is 0.368 e. The zero-order valence-corrected chi connectivity index (χ0v) is 11.4. The second kappa shape index (κ2) is 5.77. The molecule has 0 spiro atoms. The van der Waals surface area contributed by atoms with Crippen LogP contribution in [0.5, 0.6) is 0 Å². The molecular formula is C12H17N5S. The number of hydrogen-bond acceptors (Lipinski definition) is 6. The van der Waals surface area contributed by atoms with Crippen LogP contribution in [0.4, 0.5) is 11.9 Å². The molecule has 0 aliphatic carbocycles. The second-order valence-electron chi connectivity index (χ2n) is 4.29. The molecule has 0 unspecified atom stereocenters. The Morgan fingerprint density at radius 1 is 1.33 bits per heavy atom. The molecule has 18 heavy (non-hydrogen) atoms. The van der Waals surface area contributed by atoms with Gasteiger partial charge in [0.15, 0.2) is 0 Å². The molecule has 0 radical (unpaired) electrons. The molecule has 2 aromatic rings. The first-order chi connectivity index (χ1) is 8.65. The number of thiophene rings is 1. The lowest BCUT2D eigenvalue weighted by Crippen LogP contribution is -2.12. The molecule has 2 aromatic heterocycles. The number of hydrogen-bond donors (Lipinski definition) is 2. The van der Waals surface area contributed by atoms with E-state index in [2.05, 4.69) is 37.8 Å². The summed E-state index contributed by atoms with van der Waals surface area (Å²) in [5.74, 6) is 1.80. The van der Waals surface area contributed by atoms with E-state index in [-0.39, 0.29) is 11.9 Å². The van der Waals surface area contributed by atoms with Crippen molar-refractivity contribution in [3.63, 3.8) is 0 Å². The molecule has 0 saturated carbocycles. The van der Waals surface area contributed by atoms with Gasteiger partial charge in [-0.25, -0.2) is 0 Å². The predicted octanol–water partition coefficient (Wildman–Crippen LogP) is 2.29. The molecular weight excluding hydrogens is 246 g/mol. The highest BCUT2D eigenvalue weighted by Crippen LogP contribution is 2.13. The molecule has 0 saturated heterocycles. The van der Waals surface area contributed by atoms with Crippen LogP contribution in [-0.4, -0.2) is 21.5 Å². The molecule has 0 atom stereocenters. The molecule has 6 heteroatoms. The molecule has 0 fully saturated rings. The highest BCUT2D eigenvalue weighted by Gasteiger charge is 2.07. The number of nitrogens with two attached hydrogens (primary N) is 1. The SMILES string of the molecule is CC(C)c1nc(N)nc(NCCc2cccs2)n1. The van der Waals surface area contributed by atoms with Gasteiger partial charge >= 0.3 is 0 Å². The van der Waals surface area contributed by atoms with Crippen LogP contribution in [0.1, 0.15) is 30.5 Å². The van der Waals surface area contributed by atoms with Crippen molar-refractivity contribution >= 4 is 23.2 Å². The van der Waals surface area contributed by atoms with Gasteiger partial charge < -0.3 is 11.1 Å². The zero-order chi connectivity index (χ0) is 13.0. The quantitative estimate of drug-likeness (QED) is 0.865. The van der Waals surface area contributed by atoms with Gasteiger partial charge in [-0.3, -0.25) is 0 Å². The van der Waals surface area contributed by atoms with E-state index < -0.39 is 0 Å². The maximum atomic E-state index is 5.66. The third-order valence-electron chi connectivity index (χ3n) is 2.42. The van der Waals surface area contributed by atoms with Crippen LogP contribution < -0.4 is 11.1 Å². The monoisotopic (exact) mass is 263 g/mol. The van der Waals surface area contributed by atoms with Crippen LogP contribution in [0.25, 0.3) is 0 Å². The minimum Gasteiger partial charge on any atom is -0.368 e. The molecule has 2 heterocycles. The van der Waals surface area contributed by atoms with Crippen LogP contribution in [0, 0.1) is 0 Å². The molecule has 5 nitrogen and oxygen atoms in total. The fourth-order valence-corrected chi connectivity index (χ4v) is 2.21. The summed E-state index contributed by atoms with van der Waals surface area (Å²) in [6, 6.07) is 4.17. The second-order valence-corrected chi connectivity index (χ2v) is 5.32. The van der Waals surface area contributed by atoms with Crippen molar-refractivity contribution in [2.75, 3.05) is 17.6 Å². The van der Waals surface area contributed by atoms with Crippen molar-refractivity contribution in [2.24, 2.45) is 0 Å². The summed E-state index contributed by atoms with van der Waals surface area (Å²) < 4.78 is 0. The van der Waals surface area contributed by atoms with E-state index in [4.69, 9.17) is 5.73 Å². The third kappa shape index (κ3) is 3.40. The van der Waals surface area contributed by atoms with Gasteiger partial charge in [0.25, 0.3) is 0 Å². The van der Waals surface area contributed by atoms with Crippen molar-refractivity contribution in [1.82, 2.24) is 15.0 Å². The lowest BCUT2D eigenvalue weighted by Gasteiger charge is -2.08. The first-order valence-corrected chi connectivity index (χ1v) is 6.81. The first-order valence-electron chi connectivity index (χ1n) is 5.93. The summed E-state index contributed by atoms with van der Waals surface area (Å²) in [7, 11) is 0. The normalized spacial score (nSPS) is 10.8. The maximum absolute atomic E-state index is 5.66. The minimum absolute atomic E-state index is 0.244. The summed E-state index contributed by atoms with van der Waals surface area (Å²) in [6.45, 7) is 4.86. The van der Waals surface area contributed by atoms with Gasteiger partial charge in [-0.2, -0.15) is 15.0 Å². The van der Waals surface area contributed by atoms with Crippen molar-refractivity contribution in [1.29, 1.82) is 0 Å². The molecule has 96 valence electrons. The van der Waals surface area contributed by atoms with Crippen LogP contribution in [-0.2, 0) is 6.42 Å². The highest BCUT2D eigenvalue weighted by molar-refractivity contribution is 7.09. The number of rotatable bonds is 5. The standard InChI is InChI=1S/C12H17N5S/c1-8(2)10-15-11(13)17-12(16-10)14-6-5-9-4-3-7-18-9/h3-4,7-8H,5-6H2,1-2H3,(H3,13,14,15,16,17). The van der Waals surface area contributed by atoms with Crippen molar-refractivity contribution < 1.29 is 0 Å². The van der Waals surface area contributed by atoms with Gasteiger partial charge in [0.2, 0.25) is 11.9 Å². The van der Waals surface area contributed by atoms with E-state index >= 15 is 0 Å². The van der Waals surface area contributed by atoms with E-state index in [0.29, 0.717) is 5.95 Å². The summed E-state index contributed by atoms with van der Waals surface area (Å²) in [5, 5.41) is 5.26. The molecule has 0 amide bonds. The average molecular weight is 263 g/mol. The summed E-state index contributed by atoms with van der Waals surface area (Å²) in [6.07, 6.45) is 0.959. The van der Waals surface area contributed by atoms with Crippen molar-refractivity contribution in [3.05, 3.63) is 28.2 Å². The van der Waals surface area contributed by atoms with Gasteiger partial charge in [-0.1, -0.05) is 19.9 Å². The lowest BCUT2D eigenvalue weighted by atomic mass is 10.2. The summed E-state index contributed by atoms with van der Waals surface area (Å²) in [5.41, 5.74) is 5.66. The maximum Gasteiger partial charge on any atom is 0.227 e. The van der Waals surface area contributed by atoms with E-state index in [9.17, 15) is 0 Å². The number of anilines is 2. The Morgan fingerprint density at radius 3 is 2.83 bits per heavy atom. The topological polar surface area (TPSA) is 76.7 Å². The van der Waals surface area contributed by atoms with E-state index in [1.54, 1.807) is 11.3 Å². The van der Waals surface area contributed by atoms with Crippen molar-refractivity contribution in [2.45, 2.75) is 26.2 Å². The summed E-state index contributed by atoms with van der Waals surface area (Å²) in [4.78, 5) is 13.9. The fourth-order valence-electron chi connectivity index (χ4n) is 1.50. The average Bonchev–Trinajstić information content (AvgIpc) is 2.81. The number of nitrogens with zero attached hydrogens (tertiary/aromatic N) is 3. The Bertz CT molecular complexity index is 495. The molecule has 2 rings (SSSR count). The Morgan fingerprint density at radius 2 is 2.17 bits per heavy atom. The Hall–Kier alpha value is -1.69. The minimum atomic E-state index is 0.244. The predicted molar refractivity (Wildman–Crippen MR) is 74.8 cm³/mol. The lowest BCUT2D eigenvalue weighted by molar-refractivity contribution is 0.764. The number of nitrogens with one attached hydrogen (secondary N) is 1. The fraction of sp³-hybridized carbons (Fsp3) is 0.417. The molecule has 3 N–H and O–H groups in total. The molecule has 0 aliphatic rings. The molecule has 0 bridgehead atoms. The molecule has 0 aliphatic heterocycles. The van der Waals surface area contributed by atoms with Gasteiger partial charge in [0.1, 0.15) is 5.82 Å². The smallest absolute Gasteiger partial charge is 0.227 e. The van der Waals surface area contributed by atoms with Crippen LogP contribution in [0.15, 0.2) is 17.5 Å². The first kappa shape index (κ1) is 12.8. The van der Waals surface area contributed by atoms with E-state index in [1.807, 2.05) is 13.8 Å². The zero-order valence-electron chi connectivity index (χ0n) is 10.6. The Balaban J connectivity index is 1.96. The number of aromatic nitrogens is 3.